The lowest BCUT2D eigenvalue weighted by atomic mass is 9.86. The fourth-order valence-electron chi connectivity index (χ4n) is 2.60. The summed E-state index contributed by atoms with van der Waals surface area (Å²) in [6, 6.07) is 5.54. The summed E-state index contributed by atoms with van der Waals surface area (Å²) in [6.07, 6.45) is 3.91. The maximum atomic E-state index is 13.9. The van der Waals surface area contributed by atoms with Crippen molar-refractivity contribution in [2.45, 2.75) is 62.8 Å². The first kappa shape index (κ1) is 17.9. The van der Waals surface area contributed by atoms with Crippen molar-refractivity contribution >= 4 is 29.4 Å². The Balaban J connectivity index is 2.57. The van der Waals surface area contributed by atoms with E-state index in [2.05, 4.69) is 14.8 Å². The van der Waals surface area contributed by atoms with Crippen molar-refractivity contribution < 1.29 is 13.2 Å². The van der Waals surface area contributed by atoms with Gasteiger partial charge in [0.05, 0.1) is 0 Å². The molecule has 1 unspecified atom stereocenters. The van der Waals surface area contributed by atoms with E-state index in [0.717, 1.165) is 18.4 Å². The Morgan fingerprint density at radius 3 is 2.27 bits per heavy atom. The van der Waals surface area contributed by atoms with E-state index < -0.39 is 14.0 Å². The second-order valence-electron chi connectivity index (χ2n) is 6.70. The van der Waals surface area contributed by atoms with Crippen molar-refractivity contribution in [3.05, 3.63) is 34.2 Å². The lowest BCUT2D eigenvalue weighted by molar-refractivity contribution is -0.0355. The van der Waals surface area contributed by atoms with Crippen LogP contribution < -0.4 is 0 Å². The molecule has 0 N–H and O–H groups in total. The van der Waals surface area contributed by atoms with Crippen LogP contribution in [0.4, 0.5) is 13.2 Å². The fraction of sp³-hybridized carbons (Fsp3) is 0.529. The molecule has 1 aliphatic rings. The molecule has 0 saturated carbocycles. The van der Waals surface area contributed by atoms with Crippen LogP contribution in [0.2, 0.25) is 0 Å². The highest BCUT2D eigenvalue weighted by molar-refractivity contribution is 9.59. The Kier molecular flexibility index (Phi) is 4.80. The normalized spacial score (nSPS) is 24.6. The van der Waals surface area contributed by atoms with Gasteiger partial charge in [-0.05, 0) is 69.7 Å². The van der Waals surface area contributed by atoms with Crippen LogP contribution in [-0.2, 0) is 5.41 Å². The van der Waals surface area contributed by atoms with Gasteiger partial charge in [0.15, 0.2) is 0 Å². The van der Waals surface area contributed by atoms with E-state index in [1.54, 1.807) is 12.1 Å². The molecule has 2 rings (SSSR count). The first-order valence-electron chi connectivity index (χ1n) is 7.46. The number of fused-ring (bicyclic) bond motifs is 1. The third kappa shape index (κ3) is 2.99. The molecule has 1 heterocycles. The second kappa shape index (κ2) is 5.90. The molecule has 22 heavy (non-hydrogen) atoms. The molecule has 0 radical (unpaired) electrons. The average molecular weight is 395 g/mol. The van der Waals surface area contributed by atoms with Gasteiger partial charge in [-0.3, -0.25) is 0 Å². The van der Waals surface area contributed by atoms with E-state index in [4.69, 9.17) is 0 Å². The van der Waals surface area contributed by atoms with Crippen LogP contribution in [-0.4, -0.2) is 5.51 Å². The summed E-state index contributed by atoms with van der Waals surface area (Å²) in [4.78, 5) is 0.918. The maximum absolute atomic E-state index is 13.9. The van der Waals surface area contributed by atoms with Crippen LogP contribution in [0.25, 0.3) is 6.08 Å². The molecule has 5 heteroatoms. The molecular formula is C17H22BrF3S. The number of unbranched alkanes of at least 4 members (excludes halogenated alkanes) is 1. The van der Waals surface area contributed by atoms with Gasteiger partial charge in [0.1, 0.15) is 0 Å². The molecule has 0 saturated heterocycles. The van der Waals surface area contributed by atoms with Crippen molar-refractivity contribution in [1.82, 2.24) is 0 Å². The molecule has 0 aromatic heterocycles. The van der Waals surface area contributed by atoms with Crippen molar-refractivity contribution in [2.24, 2.45) is 0 Å². The lowest BCUT2D eigenvalue weighted by Gasteiger charge is -2.36. The summed E-state index contributed by atoms with van der Waals surface area (Å²) in [5.41, 5.74) is -2.78. The Morgan fingerprint density at radius 2 is 1.77 bits per heavy atom. The van der Waals surface area contributed by atoms with E-state index >= 15 is 0 Å². The van der Waals surface area contributed by atoms with Crippen LogP contribution in [0, 0.1) is 0 Å². The predicted molar refractivity (Wildman–Crippen MR) is 93.5 cm³/mol. The van der Waals surface area contributed by atoms with Gasteiger partial charge >= 0.3 is 5.51 Å². The van der Waals surface area contributed by atoms with Crippen molar-refractivity contribution in [3.8, 4) is 0 Å². The number of rotatable bonds is 3. The van der Waals surface area contributed by atoms with Crippen molar-refractivity contribution in [2.75, 3.05) is 0 Å². The topological polar surface area (TPSA) is 0 Å². The molecule has 0 nitrogen and oxygen atoms in total. The standard InChI is InChI=1S/C17H22BrF3S/c1-5-6-7-14-10-12-8-9-13(16(2,3)4)11-15(12)22(14,18)17(19,20)21/h8-11H,5-7H2,1-4H3. The summed E-state index contributed by atoms with van der Waals surface area (Å²) in [5, 5.41) is 0. The number of allylic oxidation sites excluding steroid dienone is 1. The van der Waals surface area contributed by atoms with Gasteiger partial charge in [-0.15, -0.1) is 0 Å². The Hall–Kier alpha value is -0.420. The molecule has 0 spiro atoms. The van der Waals surface area contributed by atoms with E-state index in [9.17, 15) is 13.2 Å². The Bertz CT molecular complexity index is 599. The molecule has 1 aromatic carbocycles. The summed E-state index contributed by atoms with van der Waals surface area (Å²) in [6.45, 7) is 8.06. The zero-order valence-electron chi connectivity index (χ0n) is 13.4. The quantitative estimate of drug-likeness (QED) is 0.496. The van der Waals surface area contributed by atoms with E-state index in [1.165, 1.54) is 0 Å². The smallest absolute Gasteiger partial charge is 0.160 e. The third-order valence-corrected chi connectivity index (χ3v) is 9.99. The van der Waals surface area contributed by atoms with Crippen LogP contribution in [0.3, 0.4) is 0 Å². The van der Waals surface area contributed by atoms with Crippen molar-refractivity contribution in [3.63, 3.8) is 0 Å². The zero-order valence-corrected chi connectivity index (χ0v) is 15.8. The van der Waals surface area contributed by atoms with Crippen LogP contribution >= 0.6 is 23.3 Å². The van der Waals surface area contributed by atoms with E-state index in [0.29, 0.717) is 21.8 Å². The highest BCUT2D eigenvalue weighted by Crippen LogP contribution is 2.81. The minimum Gasteiger partial charge on any atom is -0.160 e. The van der Waals surface area contributed by atoms with Crippen molar-refractivity contribution in [1.29, 1.82) is 0 Å². The summed E-state index contributed by atoms with van der Waals surface area (Å²) in [5.74, 6) is 0. The summed E-state index contributed by atoms with van der Waals surface area (Å²) >= 11 is 3.15. The third-order valence-electron chi connectivity index (χ3n) is 3.96. The number of benzene rings is 1. The SMILES string of the molecule is CCCCC1=Cc2ccc(C(C)(C)C)cc2S1(Br)C(F)(F)F. The van der Waals surface area contributed by atoms with Gasteiger partial charge in [-0.1, -0.05) is 46.2 Å². The number of hydrogen-bond donors (Lipinski definition) is 0. The number of halogens is 4. The minimum absolute atomic E-state index is 0.167. The molecule has 0 fully saturated rings. The zero-order chi connectivity index (χ0) is 16.8. The summed E-state index contributed by atoms with van der Waals surface area (Å²) in [7, 11) is -3.10. The van der Waals surface area contributed by atoms with E-state index in [1.807, 2.05) is 39.8 Å². The van der Waals surface area contributed by atoms with Gasteiger partial charge < -0.3 is 0 Å². The Labute approximate surface area is 139 Å². The van der Waals surface area contributed by atoms with E-state index in [-0.39, 0.29) is 5.41 Å². The first-order chi connectivity index (χ1) is 10.0. The van der Waals surface area contributed by atoms with Crippen LogP contribution in [0.1, 0.15) is 58.1 Å². The fourth-order valence-corrected chi connectivity index (χ4v) is 6.49. The minimum atomic E-state index is -4.27. The molecule has 1 aliphatic heterocycles. The Morgan fingerprint density at radius 1 is 1.14 bits per heavy atom. The van der Waals surface area contributed by atoms with Gasteiger partial charge in [0.2, 0.25) is 0 Å². The van der Waals surface area contributed by atoms with Gasteiger partial charge in [0.25, 0.3) is 0 Å². The van der Waals surface area contributed by atoms with Gasteiger partial charge in [-0.2, -0.15) is 13.2 Å². The van der Waals surface area contributed by atoms with Gasteiger partial charge in [-0.25, -0.2) is 0 Å². The molecule has 0 aliphatic carbocycles. The maximum Gasteiger partial charge on any atom is 0.442 e. The lowest BCUT2D eigenvalue weighted by Crippen LogP contribution is -2.17. The van der Waals surface area contributed by atoms with Crippen LogP contribution in [0.5, 0.6) is 0 Å². The van der Waals surface area contributed by atoms with Crippen LogP contribution in [0.15, 0.2) is 28.0 Å². The largest absolute Gasteiger partial charge is 0.442 e. The van der Waals surface area contributed by atoms with Gasteiger partial charge in [0, 0.05) is 4.90 Å². The highest BCUT2D eigenvalue weighted by Gasteiger charge is 2.55. The predicted octanol–water partition coefficient (Wildman–Crippen LogP) is 7.52. The number of alkyl halides is 3. The molecule has 0 bridgehead atoms. The molecular weight excluding hydrogens is 373 g/mol. The highest BCUT2D eigenvalue weighted by atomic mass is 79.9. The molecule has 124 valence electrons. The number of hydrogen-bond acceptors (Lipinski definition) is 0. The summed E-state index contributed by atoms with van der Waals surface area (Å²) < 4.78 is 41.6. The average Bonchev–Trinajstić information content (AvgIpc) is 2.68. The molecule has 1 aromatic rings. The monoisotopic (exact) mass is 394 g/mol. The molecule has 1 atom stereocenters. The first-order valence-corrected chi connectivity index (χ1v) is 10.9. The second-order valence-corrected chi connectivity index (χ2v) is 12.1. The molecule has 0 amide bonds.